The molecule has 0 bridgehead atoms. The second-order valence-corrected chi connectivity index (χ2v) is 13.5. The minimum atomic E-state index is -2.88. The molecule has 5 aliphatic rings. The van der Waals surface area contributed by atoms with Crippen molar-refractivity contribution in [3.05, 3.63) is 0 Å². The van der Waals surface area contributed by atoms with Gasteiger partial charge in [-0.3, -0.25) is 10.2 Å². The van der Waals surface area contributed by atoms with E-state index < -0.39 is 9.84 Å². The third-order valence-corrected chi connectivity index (χ3v) is 10.7. The smallest absolute Gasteiger partial charge is 0.183 e. The zero-order valence-electron chi connectivity index (χ0n) is 20.2. The number of likely N-dealkylation sites (tertiary alicyclic amines) is 1. The zero-order valence-corrected chi connectivity index (χ0v) is 21.0. The van der Waals surface area contributed by atoms with Crippen LogP contribution < -0.4 is 21.0 Å². The van der Waals surface area contributed by atoms with Crippen LogP contribution in [0.1, 0.15) is 51.4 Å². The number of sulfone groups is 1. The molecule has 0 aromatic rings. The molecule has 6 atom stereocenters. The summed E-state index contributed by atoms with van der Waals surface area (Å²) >= 11 is 0. The fourth-order valence-corrected chi connectivity index (χ4v) is 8.14. The first kappa shape index (κ1) is 24.4. The topological polar surface area (TPSA) is 101 Å². The molecule has 33 heavy (non-hydrogen) atoms. The highest BCUT2D eigenvalue weighted by Gasteiger charge is 2.45. The van der Waals surface area contributed by atoms with Crippen molar-refractivity contribution in [2.45, 2.75) is 81.2 Å². The highest BCUT2D eigenvalue weighted by Crippen LogP contribution is 2.28. The van der Waals surface area contributed by atoms with Crippen LogP contribution in [0.3, 0.4) is 0 Å². The van der Waals surface area contributed by atoms with Gasteiger partial charge in [-0.2, -0.15) is 5.48 Å². The molecule has 4 saturated heterocycles. The molecule has 0 aromatic heterocycles. The lowest BCUT2D eigenvalue weighted by atomic mass is 9.88. The Balaban J connectivity index is 1.07. The summed E-state index contributed by atoms with van der Waals surface area (Å²) in [4.78, 5) is 10.4. The van der Waals surface area contributed by atoms with Crippen molar-refractivity contribution in [2.75, 3.05) is 52.2 Å². The zero-order chi connectivity index (χ0) is 22.8. The summed E-state index contributed by atoms with van der Waals surface area (Å²) < 4.78 is 29.3. The number of ether oxygens (including phenoxy) is 1. The molecular weight excluding hydrogens is 442 g/mol. The summed E-state index contributed by atoms with van der Waals surface area (Å²) in [5, 5.41) is 6.22. The highest BCUT2D eigenvalue weighted by atomic mass is 32.2. The maximum absolute atomic E-state index is 11.9. The van der Waals surface area contributed by atoms with E-state index in [1.54, 1.807) is 4.90 Å². The average molecular weight is 488 g/mol. The van der Waals surface area contributed by atoms with Gasteiger partial charge in [0.1, 0.15) is 22.0 Å². The van der Waals surface area contributed by atoms with E-state index in [4.69, 9.17) is 9.57 Å². The van der Waals surface area contributed by atoms with Gasteiger partial charge in [-0.1, -0.05) is 0 Å². The Kier molecular flexibility index (Phi) is 7.93. The van der Waals surface area contributed by atoms with Crippen molar-refractivity contribution in [2.24, 2.45) is 11.8 Å². The Labute approximate surface area is 199 Å². The van der Waals surface area contributed by atoms with E-state index in [2.05, 4.69) is 21.0 Å². The lowest BCUT2D eigenvalue weighted by Gasteiger charge is -2.37. The van der Waals surface area contributed by atoms with E-state index >= 15 is 0 Å². The SMILES string of the molecule is CS(=O)(=O)C1CCC(C[NH+]2CCCC2C2NC(C3CCC(N4CCOCC4)[NH2+]C3)NO2)CC1. The Morgan fingerprint density at radius 3 is 2.55 bits per heavy atom. The summed E-state index contributed by atoms with van der Waals surface area (Å²) in [6.07, 6.45) is 11.0. The minimum Gasteiger partial charge on any atom is -0.379 e. The number of nitrogens with one attached hydrogen (secondary N) is 3. The van der Waals surface area contributed by atoms with Crippen LogP contribution in [0.4, 0.5) is 0 Å². The van der Waals surface area contributed by atoms with Crippen LogP contribution in [0.25, 0.3) is 0 Å². The van der Waals surface area contributed by atoms with Crippen molar-refractivity contribution >= 4 is 9.84 Å². The van der Waals surface area contributed by atoms with Gasteiger partial charge in [0.15, 0.2) is 6.23 Å². The van der Waals surface area contributed by atoms with Crippen molar-refractivity contribution in [3.63, 3.8) is 0 Å². The first-order valence-corrected chi connectivity index (χ1v) is 15.3. The second-order valence-electron chi connectivity index (χ2n) is 11.2. The largest absolute Gasteiger partial charge is 0.379 e. The predicted molar refractivity (Wildman–Crippen MR) is 125 cm³/mol. The molecule has 10 heteroatoms. The number of nitrogens with zero attached hydrogens (tertiary/aromatic N) is 1. The van der Waals surface area contributed by atoms with Crippen LogP contribution in [0, 0.1) is 11.8 Å². The molecule has 4 aliphatic heterocycles. The number of quaternary nitrogens is 2. The van der Waals surface area contributed by atoms with E-state index in [0.29, 0.717) is 24.0 Å². The van der Waals surface area contributed by atoms with Gasteiger partial charge in [0.25, 0.3) is 0 Å². The number of hydrogen-bond donors (Lipinski definition) is 4. The molecule has 5 fully saturated rings. The van der Waals surface area contributed by atoms with Crippen LogP contribution in [0.5, 0.6) is 0 Å². The monoisotopic (exact) mass is 487 g/mol. The van der Waals surface area contributed by atoms with Gasteiger partial charge < -0.3 is 15.0 Å². The van der Waals surface area contributed by atoms with Crippen LogP contribution in [0.2, 0.25) is 0 Å². The number of piperidine rings is 1. The van der Waals surface area contributed by atoms with Crippen molar-refractivity contribution in [1.29, 1.82) is 0 Å². The molecule has 5 rings (SSSR count). The molecule has 4 heterocycles. The fourth-order valence-electron chi connectivity index (χ4n) is 7.01. The van der Waals surface area contributed by atoms with E-state index in [0.717, 1.165) is 65.1 Å². The normalized spacial score (nSPS) is 43.7. The molecule has 0 spiro atoms. The number of morpholine rings is 1. The first-order chi connectivity index (χ1) is 16.0. The Hall–Kier alpha value is -0.330. The Bertz CT molecular complexity index is 733. The van der Waals surface area contributed by atoms with Gasteiger partial charge in [0.2, 0.25) is 0 Å². The van der Waals surface area contributed by atoms with Crippen molar-refractivity contribution in [1.82, 2.24) is 15.7 Å². The van der Waals surface area contributed by atoms with Crippen molar-refractivity contribution in [3.8, 4) is 0 Å². The molecule has 0 amide bonds. The molecule has 0 aromatic carbocycles. The predicted octanol–water partition coefficient (Wildman–Crippen LogP) is -1.95. The maximum atomic E-state index is 11.9. The van der Waals surface area contributed by atoms with E-state index in [-0.39, 0.29) is 17.6 Å². The number of nitrogens with two attached hydrogens (primary N) is 1. The average Bonchev–Trinajstić information content (AvgIpc) is 3.49. The van der Waals surface area contributed by atoms with Gasteiger partial charge in [-0.25, -0.2) is 13.3 Å². The van der Waals surface area contributed by atoms with Crippen LogP contribution in [-0.4, -0.2) is 95.4 Å². The molecule has 5 N–H and O–H groups in total. The van der Waals surface area contributed by atoms with Crippen LogP contribution in [-0.2, 0) is 19.4 Å². The summed E-state index contributed by atoms with van der Waals surface area (Å²) in [6, 6.07) is 0.490. The van der Waals surface area contributed by atoms with Crippen LogP contribution >= 0.6 is 0 Å². The third-order valence-electron chi connectivity index (χ3n) is 9.05. The van der Waals surface area contributed by atoms with Gasteiger partial charge in [-0.15, -0.1) is 0 Å². The van der Waals surface area contributed by atoms with E-state index in [1.807, 2.05) is 0 Å². The summed E-state index contributed by atoms with van der Waals surface area (Å²) in [7, 11) is -2.88. The van der Waals surface area contributed by atoms with Gasteiger partial charge in [-0.05, 0) is 32.1 Å². The summed E-state index contributed by atoms with van der Waals surface area (Å²) in [5.41, 5.74) is 3.35. The fraction of sp³-hybridized carbons (Fsp3) is 1.00. The lowest BCUT2D eigenvalue weighted by Crippen LogP contribution is -3.15. The Morgan fingerprint density at radius 1 is 1.06 bits per heavy atom. The molecule has 9 nitrogen and oxygen atoms in total. The number of rotatable bonds is 6. The second kappa shape index (κ2) is 10.7. The highest BCUT2D eigenvalue weighted by molar-refractivity contribution is 7.91. The van der Waals surface area contributed by atoms with E-state index in [9.17, 15) is 8.42 Å². The van der Waals surface area contributed by atoms with Gasteiger partial charge in [0, 0.05) is 50.4 Å². The first-order valence-electron chi connectivity index (χ1n) is 13.3. The van der Waals surface area contributed by atoms with E-state index in [1.165, 1.54) is 38.5 Å². The molecular formula is C23H45N5O4S+2. The summed E-state index contributed by atoms with van der Waals surface area (Å²) in [6.45, 7) is 7.36. The number of hydroxylamine groups is 1. The molecule has 190 valence electrons. The van der Waals surface area contributed by atoms with Gasteiger partial charge >= 0.3 is 0 Å². The quantitative estimate of drug-likeness (QED) is 0.345. The van der Waals surface area contributed by atoms with Gasteiger partial charge in [0.05, 0.1) is 44.3 Å². The number of hydrogen-bond acceptors (Lipinski definition) is 7. The summed E-state index contributed by atoms with van der Waals surface area (Å²) in [5.74, 6) is 1.23. The molecule has 1 saturated carbocycles. The Morgan fingerprint density at radius 2 is 1.85 bits per heavy atom. The maximum Gasteiger partial charge on any atom is 0.183 e. The van der Waals surface area contributed by atoms with Crippen LogP contribution in [0.15, 0.2) is 0 Å². The standard InChI is InChI=1S/C23H43N5O4S/c1-33(29,30)19-7-4-17(5-8-19)16-28-10-2-3-20(28)23-25-22(26-32-23)18-6-9-21(24-15-18)27-11-13-31-14-12-27/h17-26H,2-16H2,1H3/p+2. The lowest BCUT2D eigenvalue weighted by molar-refractivity contribution is -0.919. The minimum absolute atomic E-state index is 0.0804. The van der Waals surface area contributed by atoms with Crippen molar-refractivity contribution < 1.29 is 28.2 Å². The third kappa shape index (κ3) is 5.91. The molecule has 6 unspecified atom stereocenters. The molecule has 1 aliphatic carbocycles. The molecule has 0 radical (unpaired) electrons.